The topological polar surface area (TPSA) is 65.6 Å². The molecule has 1 aromatic rings. The van der Waals surface area contributed by atoms with Crippen LogP contribution < -0.4 is 4.74 Å². The molecule has 2 amide bonds. The lowest BCUT2D eigenvalue weighted by atomic mass is 9.96. The second kappa shape index (κ2) is 11.3. The van der Waals surface area contributed by atoms with Gasteiger partial charge in [0, 0.05) is 38.3 Å². The number of cyclic esters (lactones) is 1. The summed E-state index contributed by atoms with van der Waals surface area (Å²) < 4.78 is 10.5. The average Bonchev–Trinajstić information content (AvgIpc) is 3.16. The summed E-state index contributed by atoms with van der Waals surface area (Å²) in [7, 11) is 5.73. The van der Waals surface area contributed by atoms with Crippen LogP contribution in [0, 0.1) is 5.92 Å². The van der Waals surface area contributed by atoms with E-state index in [1.165, 1.54) is 10.5 Å². The standard InChI is InChI=1S/C23H36N4O4/c1-24(2)11-12-26(22(28)18-27-13-14-31-23(27)29)16-19-7-6-10-25(15-19)17-20-8-4-5-9-21(20)30-3/h4-5,8-9,19H,6-7,10-18H2,1-3H3/t19-/m1/s1. The van der Waals surface area contributed by atoms with Crippen molar-refractivity contribution in [2.75, 3.05) is 73.6 Å². The Labute approximate surface area is 185 Å². The number of carbonyl (C=O) groups excluding carboxylic acids is 2. The van der Waals surface area contributed by atoms with Crippen molar-refractivity contribution in [1.29, 1.82) is 0 Å². The second-order valence-corrected chi connectivity index (χ2v) is 8.73. The van der Waals surface area contributed by atoms with Crippen molar-refractivity contribution < 1.29 is 19.1 Å². The van der Waals surface area contributed by atoms with E-state index >= 15 is 0 Å². The number of amides is 2. The summed E-state index contributed by atoms with van der Waals surface area (Å²) in [5, 5.41) is 0. The highest BCUT2D eigenvalue weighted by molar-refractivity contribution is 5.82. The number of likely N-dealkylation sites (N-methyl/N-ethyl adjacent to an activating group) is 1. The maximum Gasteiger partial charge on any atom is 0.410 e. The molecule has 172 valence electrons. The van der Waals surface area contributed by atoms with Gasteiger partial charge >= 0.3 is 6.09 Å². The number of para-hydroxylation sites is 1. The zero-order valence-electron chi connectivity index (χ0n) is 19.1. The highest BCUT2D eigenvalue weighted by atomic mass is 16.6. The zero-order chi connectivity index (χ0) is 22.2. The largest absolute Gasteiger partial charge is 0.496 e. The van der Waals surface area contributed by atoms with E-state index in [2.05, 4.69) is 15.9 Å². The van der Waals surface area contributed by atoms with Crippen LogP contribution in [0.5, 0.6) is 5.75 Å². The van der Waals surface area contributed by atoms with E-state index < -0.39 is 0 Å². The van der Waals surface area contributed by atoms with E-state index in [1.54, 1.807) is 7.11 Å². The molecule has 1 aromatic carbocycles. The van der Waals surface area contributed by atoms with Crippen molar-refractivity contribution >= 4 is 12.0 Å². The molecule has 0 radical (unpaired) electrons. The van der Waals surface area contributed by atoms with E-state index in [9.17, 15) is 9.59 Å². The summed E-state index contributed by atoms with van der Waals surface area (Å²) in [4.78, 5) is 32.8. The number of methoxy groups -OCH3 is 1. The second-order valence-electron chi connectivity index (χ2n) is 8.73. The summed E-state index contributed by atoms with van der Waals surface area (Å²) >= 11 is 0. The fraction of sp³-hybridized carbons (Fsp3) is 0.652. The van der Waals surface area contributed by atoms with Crippen LogP contribution in [0.3, 0.4) is 0 Å². The molecule has 0 N–H and O–H groups in total. The lowest BCUT2D eigenvalue weighted by Crippen LogP contribution is -2.47. The van der Waals surface area contributed by atoms with Crippen LogP contribution in [0.2, 0.25) is 0 Å². The van der Waals surface area contributed by atoms with Gasteiger partial charge in [-0.15, -0.1) is 0 Å². The van der Waals surface area contributed by atoms with Gasteiger partial charge in [-0.05, 0) is 45.5 Å². The predicted molar refractivity (Wildman–Crippen MR) is 119 cm³/mol. The Morgan fingerprint density at radius 1 is 1.23 bits per heavy atom. The van der Waals surface area contributed by atoms with E-state index in [-0.39, 0.29) is 18.5 Å². The molecule has 0 bridgehead atoms. The first-order valence-corrected chi connectivity index (χ1v) is 11.1. The van der Waals surface area contributed by atoms with Gasteiger partial charge in [0.25, 0.3) is 0 Å². The number of likely N-dealkylation sites (tertiary alicyclic amines) is 1. The first kappa shape index (κ1) is 23.3. The van der Waals surface area contributed by atoms with Gasteiger partial charge in [0.05, 0.1) is 13.7 Å². The summed E-state index contributed by atoms with van der Waals surface area (Å²) in [5.41, 5.74) is 1.19. The first-order chi connectivity index (χ1) is 15.0. The predicted octanol–water partition coefficient (Wildman–Crippen LogP) is 1.75. The fourth-order valence-corrected chi connectivity index (χ4v) is 4.30. The van der Waals surface area contributed by atoms with Crippen molar-refractivity contribution in [2.24, 2.45) is 5.92 Å². The van der Waals surface area contributed by atoms with Crippen molar-refractivity contribution in [2.45, 2.75) is 19.4 Å². The number of benzene rings is 1. The van der Waals surface area contributed by atoms with Crippen LogP contribution in [0.4, 0.5) is 4.79 Å². The van der Waals surface area contributed by atoms with Crippen LogP contribution >= 0.6 is 0 Å². The van der Waals surface area contributed by atoms with E-state index in [1.807, 2.05) is 37.2 Å². The third-order valence-electron chi connectivity index (χ3n) is 6.01. The number of nitrogens with zero attached hydrogens (tertiary/aromatic N) is 4. The molecule has 0 spiro atoms. The molecular weight excluding hydrogens is 396 g/mol. The lowest BCUT2D eigenvalue weighted by Gasteiger charge is -2.36. The smallest absolute Gasteiger partial charge is 0.410 e. The van der Waals surface area contributed by atoms with E-state index in [0.29, 0.717) is 25.6 Å². The minimum Gasteiger partial charge on any atom is -0.496 e. The van der Waals surface area contributed by atoms with Gasteiger partial charge in [0.1, 0.15) is 18.9 Å². The summed E-state index contributed by atoms with van der Waals surface area (Å²) in [6.45, 7) is 6.00. The molecule has 2 aliphatic rings. The third kappa shape index (κ3) is 6.83. The number of hydrogen-bond acceptors (Lipinski definition) is 6. The summed E-state index contributed by atoms with van der Waals surface area (Å²) in [6, 6.07) is 8.16. The highest BCUT2D eigenvalue weighted by Gasteiger charge is 2.29. The molecule has 31 heavy (non-hydrogen) atoms. The Morgan fingerprint density at radius 3 is 2.74 bits per heavy atom. The molecule has 2 saturated heterocycles. The van der Waals surface area contributed by atoms with Gasteiger partial charge < -0.3 is 19.3 Å². The quantitative estimate of drug-likeness (QED) is 0.561. The molecule has 0 unspecified atom stereocenters. The molecule has 3 rings (SSSR count). The Hall–Kier alpha value is -2.32. The summed E-state index contributed by atoms with van der Waals surface area (Å²) in [6.07, 6.45) is 1.84. The number of carbonyl (C=O) groups is 2. The highest BCUT2D eigenvalue weighted by Crippen LogP contribution is 2.24. The van der Waals surface area contributed by atoms with Crippen LogP contribution in [0.15, 0.2) is 24.3 Å². The van der Waals surface area contributed by atoms with Gasteiger partial charge in [0.2, 0.25) is 5.91 Å². The Kier molecular flexibility index (Phi) is 8.54. The average molecular weight is 433 g/mol. The molecule has 0 aliphatic carbocycles. The molecule has 1 atom stereocenters. The number of ether oxygens (including phenoxy) is 2. The first-order valence-electron chi connectivity index (χ1n) is 11.1. The SMILES string of the molecule is COc1ccccc1CN1CCC[C@@H](CN(CCN(C)C)C(=O)CN2CCOC2=O)C1. The Morgan fingerprint density at radius 2 is 2.03 bits per heavy atom. The number of hydrogen-bond donors (Lipinski definition) is 0. The minimum atomic E-state index is -0.387. The molecule has 8 heteroatoms. The van der Waals surface area contributed by atoms with Crippen LogP contribution in [0.25, 0.3) is 0 Å². The zero-order valence-corrected chi connectivity index (χ0v) is 19.1. The van der Waals surface area contributed by atoms with Crippen molar-refractivity contribution in [3.63, 3.8) is 0 Å². The normalized spacial score (nSPS) is 19.5. The fourth-order valence-electron chi connectivity index (χ4n) is 4.30. The van der Waals surface area contributed by atoms with Gasteiger partial charge in [-0.2, -0.15) is 0 Å². The summed E-state index contributed by atoms with van der Waals surface area (Å²) in [5.74, 6) is 1.34. The molecule has 2 heterocycles. The Balaban J connectivity index is 1.59. The molecule has 8 nitrogen and oxygen atoms in total. The third-order valence-corrected chi connectivity index (χ3v) is 6.01. The molecule has 0 saturated carbocycles. The maximum atomic E-state index is 13.0. The van der Waals surface area contributed by atoms with Gasteiger partial charge in [-0.25, -0.2) is 4.79 Å². The van der Waals surface area contributed by atoms with E-state index in [4.69, 9.17) is 9.47 Å². The molecule has 2 fully saturated rings. The van der Waals surface area contributed by atoms with E-state index in [0.717, 1.165) is 51.3 Å². The number of piperidine rings is 1. The monoisotopic (exact) mass is 432 g/mol. The minimum absolute atomic E-state index is 0.00236. The Bertz CT molecular complexity index is 742. The van der Waals surface area contributed by atoms with Crippen LogP contribution in [0.1, 0.15) is 18.4 Å². The van der Waals surface area contributed by atoms with Gasteiger partial charge in [-0.1, -0.05) is 18.2 Å². The molecule has 2 aliphatic heterocycles. The van der Waals surface area contributed by atoms with Crippen molar-refractivity contribution in [3.05, 3.63) is 29.8 Å². The van der Waals surface area contributed by atoms with Crippen molar-refractivity contribution in [3.8, 4) is 5.75 Å². The molecular formula is C23H36N4O4. The van der Waals surface area contributed by atoms with Gasteiger partial charge in [-0.3, -0.25) is 14.6 Å². The van der Waals surface area contributed by atoms with Gasteiger partial charge in [0.15, 0.2) is 0 Å². The lowest BCUT2D eigenvalue weighted by molar-refractivity contribution is -0.132. The van der Waals surface area contributed by atoms with Crippen molar-refractivity contribution in [1.82, 2.24) is 19.6 Å². The van der Waals surface area contributed by atoms with Crippen LogP contribution in [-0.4, -0.2) is 105 Å². The molecule has 0 aromatic heterocycles. The number of rotatable bonds is 10. The van der Waals surface area contributed by atoms with Crippen LogP contribution in [-0.2, 0) is 16.1 Å². The maximum absolute atomic E-state index is 13.0.